The van der Waals surface area contributed by atoms with Crippen LogP contribution in [0, 0.1) is 5.92 Å². The third-order valence-electron chi connectivity index (χ3n) is 4.00. The molecule has 2 aliphatic rings. The summed E-state index contributed by atoms with van der Waals surface area (Å²) in [6, 6.07) is 5.54. The second-order valence-corrected chi connectivity index (χ2v) is 5.59. The maximum absolute atomic E-state index is 11.8. The second-order valence-electron chi connectivity index (χ2n) is 5.59. The molecular weight excluding hydrogens is 228 g/mol. The number of rotatable bonds is 2. The number of fused-ring (bicyclic) bond motifs is 4. The van der Waals surface area contributed by atoms with Crippen LogP contribution in [-0.4, -0.2) is 34.9 Å². The molecule has 0 aromatic carbocycles. The quantitative estimate of drug-likeness (QED) is 0.777. The molecule has 1 aromatic rings. The van der Waals surface area contributed by atoms with Crippen molar-refractivity contribution in [2.24, 2.45) is 5.92 Å². The monoisotopic (exact) mass is 246 g/mol. The van der Waals surface area contributed by atoms with Crippen LogP contribution in [0.4, 0.5) is 0 Å². The number of carbonyl (C=O) groups excluding carboxylic acids is 1. The summed E-state index contributed by atoms with van der Waals surface area (Å²) in [6.07, 6.45) is 1.15. The van der Waals surface area contributed by atoms with Crippen LogP contribution in [-0.2, 0) is 11.3 Å². The van der Waals surface area contributed by atoms with Crippen molar-refractivity contribution in [3.8, 4) is 0 Å². The molecule has 0 saturated carbocycles. The first-order valence-corrected chi connectivity index (χ1v) is 6.55. The molecule has 0 spiro atoms. The minimum absolute atomic E-state index is 0.113. The molecule has 18 heavy (non-hydrogen) atoms. The zero-order valence-electron chi connectivity index (χ0n) is 10.6. The summed E-state index contributed by atoms with van der Waals surface area (Å²) < 4.78 is 1.92. The number of nitrogens with zero attached hydrogens (tertiary/aromatic N) is 2. The van der Waals surface area contributed by atoms with Crippen molar-refractivity contribution < 1.29 is 4.79 Å². The van der Waals surface area contributed by atoms with Gasteiger partial charge in [0.1, 0.15) is 5.78 Å². The Morgan fingerprint density at radius 3 is 2.94 bits per heavy atom. The number of ketones is 1. The number of carbonyl (C=O) groups is 1. The summed E-state index contributed by atoms with van der Waals surface area (Å²) in [6.45, 7) is 4.84. The smallest absolute Gasteiger partial charge is 0.250 e. The minimum Gasteiger partial charge on any atom is -0.312 e. The number of hydrogen-bond acceptors (Lipinski definition) is 3. The number of Topliss-reactive ketones (excluding diaryl/α,β-unsaturated/α-hetero) is 1. The highest BCUT2D eigenvalue weighted by atomic mass is 16.1. The molecule has 4 heteroatoms. The molecule has 0 radical (unpaired) electrons. The molecule has 2 aliphatic heterocycles. The van der Waals surface area contributed by atoms with Crippen molar-refractivity contribution in [2.45, 2.75) is 25.8 Å². The molecule has 0 unspecified atom stereocenters. The molecular formula is C14H18N2O2. The van der Waals surface area contributed by atoms with Gasteiger partial charge >= 0.3 is 0 Å². The van der Waals surface area contributed by atoms with Gasteiger partial charge in [0.05, 0.1) is 6.54 Å². The van der Waals surface area contributed by atoms with Gasteiger partial charge in [-0.15, -0.1) is 0 Å². The average Bonchev–Trinajstić information content (AvgIpc) is 2.29. The van der Waals surface area contributed by atoms with Gasteiger partial charge in [-0.1, -0.05) is 6.07 Å². The zero-order chi connectivity index (χ0) is 12.7. The fourth-order valence-corrected chi connectivity index (χ4v) is 3.44. The highest BCUT2D eigenvalue weighted by molar-refractivity contribution is 5.77. The summed E-state index contributed by atoms with van der Waals surface area (Å²) >= 11 is 0. The highest BCUT2D eigenvalue weighted by Crippen LogP contribution is 2.34. The molecule has 3 rings (SSSR count). The summed E-state index contributed by atoms with van der Waals surface area (Å²) in [7, 11) is 0. The number of aromatic nitrogens is 1. The van der Waals surface area contributed by atoms with Gasteiger partial charge in [-0.25, -0.2) is 0 Å². The van der Waals surface area contributed by atoms with Crippen molar-refractivity contribution in [3.63, 3.8) is 0 Å². The van der Waals surface area contributed by atoms with E-state index in [4.69, 9.17) is 0 Å². The van der Waals surface area contributed by atoms with Gasteiger partial charge in [0.25, 0.3) is 5.56 Å². The maximum Gasteiger partial charge on any atom is 0.250 e. The molecule has 96 valence electrons. The van der Waals surface area contributed by atoms with E-state index in [-0.39, 0.29) is 11.3 Å². The van der Waals surface area contributed by atoms with Crippen LogP contribution in [0.25, 0.3) is 0 Å². The first kappa shape index (κ1) is 11.7. The molecule has 3 heterocycles. The van der Waals surface area contributed by atoms with Crippen LogP contribution in [0.5, 0.6) is 0 Å². The van der Waals surface area contributed by atoms with Gasteiger partial charge in [0.15, 0.2) is 0 Å². The Morgan fingerprint density at radius 1 is 1.33 bits per heavy atom. The van der Waals surface area contributed by atoms with Crippen LogP contribution >= 0.6 is 0 Å². The van der Waals surface area contributed by atoms with Crippen molar-refractivity contribution in [2.75, 3.05) is 19.6 Å². The topological polar surface area (TPSA) is 42.3 Å². The molecule has 0 N–H and O–H groups in total. The van der Waals surface area contributed by atoms with Gasteiger partial charge in [0, 0.05) is 37.3 Å². The molecule has 2 bridgehead atoms. The number of pyridine rings is 1. The molecule has 1 fully saturated rings. The molecule has 1 aromatic heterocycles. The standard InChI is InChI=1S/C14H18N2O2/c1-10(17)6-15-7-11-5-12(9-15)13-3-2-4-14(18)16(13)8-11/h2-4,11-12H,5-9H2,1H3/t11-,12+/m1/s1. The first-order valence-electron chi connectivity index (χ1n) is 6.55. The van der Waals surface area contributed by atoms with E-state index in [1.807, 2.05) is 10.6 Å². The molecule has 0 aliphatic carbocycles. The lowest BCUT2D eigenvalue weighted by Crippen LogP contribution is -2.48. The highest BCUT2D eigenvalue weighted by Gasteiger charge is 2.34. The lowest BCUT2D eigenvalue weighted by Gasteiger charge is -2.42. The number of likely N-dealkylation sites (tertiary alicyclic amines) is 1. The molecule has 1 saturated heterocycles. The van der Waals surface area contributed by atoms with Gasteiger partial charge < -0.3 is 4.57 Å². The van der Waals surface area contributed by atoms with Crippen molar-refractivity contribution in [1.82, 2.24) is 9.47 Å². The van der Waals surface area contributed by atoms with Crippen molar-refractivity contribution >= 4 is 5.78 Å². The van der Waals surface area contributed by atoms with E-state index >= 15 is 0 Å². The fourth-order valence-electron chi connectivity index (χ4n) is 3.44. The molecule has 4 nitrogen and oxygen atoms in total. The maximum atomic E-state index is 11.8. The fraction of sp³-hybridized carbons (Fsp3) is 0.571. The number of hydrogen-bond donors (Lipinski definition) is 0. The third kappa shape index (κ3) is 2.01. The largest absolute Gasteiger partial charge is 0.312 e. The van der Waals surface area contributed by atoms with Crippen LogP contribution in [0.2, 0.25) is 0 Å². The van der Waals surface area contributed by atoms with Crippen molar-refractivity contribution in [3.05, 3.63) is 34.2 Å². The van der Waals surface area contributed by atoms with Crippen LogP contribution in [0.1, 0.15) is 25.0 Å². The van der Waals surface area contributed by atoms with E-state index in [1.54, 1.807) is 13.0 Å². The zero-order valence-corrected chi connectivity index (χ0v) is 10.6. The Morgan fingerprint density at radius 2 is 2.17 bits per heavy atom. The van der Waals surface area contributed by atoms with E-state index < -0.39 is 0 Å². The van der Waals surface area contributed by atoms with Crippen LogP contribution in [0.15, 0.2) is 23.0 Å². The van der Waals surface area contributed by atoms with Gasteiger partial charge in [0.2, 0.25) is 0 Å². The van der Waals surface area contributed by atoms with Gasteiger partial charge in [-0.2, -0.15) is 0 Å². The second kappa shape index (κ2) is 4.35. The van der Waals surface area contributed by atoms with Gasteiger partial charge in [-0.3, -0.25) is 14.5 Å². The summed E-state index contributed by atoms with van der Waals surface area (Å²) in [5.41, 5.74) is 1.26. The lowest BCUT2D eigenvalue weighted by atomic mass is 9.83. The van der Waals surface area contributed by atoms with E-state index in [9.17, 15) is 9.59 Å². The lowest BCUT2D eigenvalue weighted by molar-refractivity contribution is -0.118. The Kier molecular flexibility index (Phi) is 2.82. The predicted octanol–water partition coefficient (Wildman–Crippen LogP) is 0.856. The summed E-state index contributed by atoms with van der Waals surface area (Å²) in [5, 5.41) is 0. The Bertz CT molecular complexity index is 535. The van der Waals surface area contributed by atoms with E-state index in [1.165, 1.54) is 0 Å². The van der Waals surface area contributed by atoms with Crippen LogP contribution in [0.3, 0.4) is 0 Å². The first-order chi connectivity index (χ1) is 8.63. The predicted molar refractivity (Wildman–Crippen MR) is 68.7 cm³/mol. The van der Waals surface area contributed by atoms with Gasteiger partial charge in [-0.05, 0) is 25.3 Å². The average molecular weight is 246 g/mol. The van der Waals surface area contributed by atoms with E-state index in [0.717, 1.165) is 31.7 Å². The van der Waals surface area contributed by atoms with Crippen molar-refractivity contribution in [1.29, 1.82) is 0 Å². The Balaban J connectivity index is 1.90. The SMILES string of the molecule is CC(=O)CN1C[C@H]2C[C@@H](C1)c1cccc(=O)n1C2. The summed E-state index contributed by atoms with van der Waals surface area (Å²) in [4.78, 5) is 25.3. The summed E-state index contributed by atoms with van der Waals surface area (Å²) in [5.74, 6) is 1.14. The normalized spacial score (nSPS) is 26.7. The number of piperidine rings is 1. The molecule has 0 amide bonds. The molecule has 2 atom stereocenters. The minimum atomic E-state index is 0.113. The van der Waals surface area contributed by atoms with E-state index in [0.29, 0.717) is 18.4 Å². The third-order valence-corrected chi connectivity index (χ3v) is 4.00. The van der Waals surface area contributed by atoms with E-state index in [2.05, 4.69) is 11.0 Å². The Hall–Kier alpha value is -1.42. The van der Waals surface area contributed by atoms with Crippen LogP contribution < -0.4 is 5.56 Å². The Labute approximate surface area is 106 Å².